The largest absolute Gasteiger partial charge is 0.356 e. The van der Waals surface area contributed by atoms with Gasteiger partial charge in [0.25, 0.3) is 0 Å². The average molecular weight is 161 g/mol. The second-order valence-electron chi connectivity index (χ2n) is 2.18. The fourth-order valence-electron chi connectivity index (χ4n) is 0.636. The lowest BCUT2D eigenvalue weighted by atomic mass is 10.3. The van der Waals surface area contributed by atoms with Gasteiger partial charge in [0.1, 0.15) is 0 Å². The van der Waals surface area contributed by atoms with Crippen LogP contribution in [0.15, 0.2) is 0 Å². The van der Waals surface area contributed by atoms with Crippen LogP contribution in [-0.4, -0.2) is 24.5 Å². The Hall–Kier alpha value is -0.180. The summed E-state index contributed by atoms with van der Waals surface area (Å²) in [6, 6.07) is 0. The Morgan fingerprint density at radius 3 is 2.70 bits per heavy atom. The van der Waals surface area contributed by atoms with Crippen molar-refractivity contribution in [2.45, 2.75) is 19.8 Å². The maximum atomic E-state index is 10.4. The third-order valence-corrected chi connectivity index (χ3v) is 1.85. The minimum atomic E-state index is 0.0733. The fraction of sp³-hybridized carbons (Fsp3) is 0.857. The van der Waals surface area contributed by atoms with Gasteiger partial charge in [-0.3, -0.25) is 4.79 Å². The molecular formula is C7H15NOS. The van der Waals surface area contributed by atoms with Crippen molar-refractivity contribution in [1.82, 2.24) is 5.32 Å². The van der Waals surface area contributed by atoms with E-state index < -0.39 is 0 Å². The van der Waals surface area contributed by atoms with Crippen LogP contribution >= 0.6 is 11.8 Å². The molecule has 0 atom stereocenters. The van der Waals surface area contributed by atoms with E-state index in [-0.39, 0.29) is 5.91 Å². The number of carbonyl (C=O) groups excluding carboxylic acids is 1. The number of hydrogen-bond donors (Lipinski definition) is 1. The van der Waals surface area contributed by atoms with Crippen molar-refractivity contribution in [3.8, 4) is 0 Å². The maximum absolute atomic E-state index is 10.4. The van der Waals surface area contributed by atoms with Crippen molar-refractivity contribution in [3.05, 3.63) is 0 Å². The molecule has 2 nitrogen and oxygen atoms in total. The predicted octanol–water partition coefficient (Wildman–Crippen LogP) is 1.27. The first-order chi connectivity index (χ1) is 4.77. The lowest BCUT2D eigenvalue weighted by molar-refractivity contribution is -0.118. The molecule has 0 radical (unpaired) electrons. The fourth-order valence-corrected chi connectivity index (χ4v) is 1.13. The molecule has 0 aromatic carbocycles. The number of carbonyl (C=O) groups is 1. The summed E-state index contributed by atoms with van der Waals surface area (Å²) in [5, 5.41) is 2.76. The standard InChI is InChI=1S/C7H15NOS/c1-7(9)8-5-3-4-6-10-2/h3-6H2,1-2H3,(H,8,9). The van der Waals surface area contributed by atoms with Gasteiger partial charge < -0.3 is 5.32 Å². The van der Waals surface area contributed by atoms with Crippen molar-refractivity contribution >= 4 is 17.7 Å². The van der Waals surface area contributed by atoms with Crippen LogP contribution in [0.4, 0.5) is 0 Å². The summed E-state index contributed by atoms with van der Waals surface area (Å²) in [7, 11) is 0. The smallest absolute Gasteiger partial charge is 0.216 e. The number of unbranched alkanes of at least 4 members (excludes halogenated alkanes) is 1. The number of thioether (sulfide) groups is 1. The maximum Gasteiger partial charge on any atom is 0.216 e. The summed E-state index contributed by atoms with van der Waals surface area (Å²) in [6.07, 6.45) is 4.39. The highest BCUT2D eigenvalue weighted by Gasteiger charge is 1.89. The third-order valence-electron chi connectivity index (χ3n) is 1.15. The molecule has 0 fully saturated rings. The molecule has 1 amide bonds. The summed E-state index contributed by atoms with van der Waals surface area (Å²) in [6.45, 7) is 2.38. The lowest BCUT2D eigenvalue weighted by Gasteiger charge is -1.99. The summed E-state index contributed by atoms with van der Waals surface area (Å²) in [5.74, 6) is 1.27. The Bertz CT molecular complexity index is 95.6. The van der Waals surface area contributed by atoms with E-state index in [0.29, 0.717) is 0 Å². The molecule has 0 saturated carbocycles. The molecule has 0 bridgehead atoms. The highest BCUT2D eigenvalue weighted by Crippen LogP contribution is 1.97. The first kappa shape index (κ1) is 9.82. The number of hydrogen-bond acceptors (Lipinski definition) is 2. The van der Waals surface area contributed by atoms with Gasteiger partial charge in [0, 0.05) is 13.5 Å². The Kier molecular flexibility index (Phi) is 6.81. The van der Waals surface area contributed by atoms with Crippen LogP contribution < -0.4 is 5.32 Å². The average Bonchev–Trinajstić information content (AvgIpc) is 1.87. The van der Waals surface area contributed by atoms with Crippen molar-refractivity contribution < 1.29 is 4.79 Å². The minimum Gasteiger partial charge on any atom is -0.356 e. The molecule has 0 aliphatic carbocycles. The zero-order chi connectivity index (χ0) is 7.82. The molecular weight excluding hydrogens is 146 g/mol. The van der Waals surface area contributed by atoms with Crippen LogP contribution in [0.5, 0.6) is 0 Å². The zero-order valence-corrected chi connectivity index (χ0v) is 7.46. The monoisotopic (exact) mass is 161 g/mol. The van der Waals surface area contributed by atoms with E-state index in [4.69, 9.17) is 0 Å². The van der Waals surface area contributed by atoms with Crippen LogP contribution in [0.3, 0.4) is 0 Å². The SMILES string of the molecule is CSCCCCNC(C)=O. The predicted molar refractivity (Wildman–Crippen MR) is 46.3 cm³/mol. The first-order valence-electron chi connectivity index (χ1n) is 3.50. The van der Waals surface area contributed by atoms with Gasteiger partial charge in [-0.1, -0.05) is 0 Å². The van der Waals surface area contributed by atoms with Crippen molar-refractivity contribution in [2.24, 2.45) is 0 Å². The summed E-state index contributed by atoms with van der Waals surface area (Å²) in [4.78, 5) is 10.4. The lowest BCUT2D eigenvalue weighted by Crippen LogP contribution is -2.20. The number of rotatable bonds is 5. The van der Waals surface area contributed by atoms with Crippen LogP contribution in [0.2, 0.25) is 0 Å². The van der Waals surface area contributed by atoms with Crippen molar-refractivity contribution in [1.29, 1.82) is 0 Å². The second kappa shape index (κ2) is 6.93. The highest BCUT2D eigenvalue weighted by atomic mass is 32.2. The van der Waals surface area contributed by atoms with Gasteiger partial charge in [0.2, 0.25) is 5.91 Å². The van der Waals surface area contributed by atoms with Crippen LogP contribution in [0.1, 0.15) is 19.8 Å². The Morgan fingerprint density at radius 2 is 2.20 bits per heavy atom. The van der Waals surface area contributed by atoms with Gasteiger partial charge in [-0.25, -0.2) is 0 Å². The van der Waals surface area contributed by atoms with Gasteiger partial charge in [-0.2, -0.15) is 11.8 Å². The summed E-state index contributed by atoms with van der Waals surface area (Å²) >= 11 is 1.85. The molecule has 0 aromatic rings. The Morgan fingerprint density at radius 1 is 1.50 bits per heavy atom. The zero-order valence-electron chi connectivity index (χ0n) is 6.64. The summed E-state index contributed by atoms with van der Waals surface area (Å²) in [5.41, 5.74) is 0. The van der Waals surface area contributed by atoms with E-state index in [1.165, 1.54) is 12.2 Å². The quantitative estimate of drug-likeness (QED) is 0.615. The molecule has 0 unspecified atom stereocenters. The van der Waals surface area contributed by atoms with Crippen LogP contribution in [0.25, 0.3) is 0 Å². The molecule has 0 rings (SSSR count). The van der Waals surface area contributed by atoms with Crippen molar-refractivity contribution in [2.75, 3.05) is 18.6 Å². The van der Waals surface area contributed by atoms with Crippen LogP contribution in [0, 0.1) is 0 Å². The van der Waals surface area contributed by atoms with Gasteiger partial charge in [-0.15, -0.1) is 0 Å². The molecule has 0 heterocycles. The number of nitrogens with one attached hydrogen (secondary N) is 1. The van der Waals surface area contributed by atoms with Gasteiger partial charge in [0.15, 0.2) is 0 Å². The van der Waals surface area contributed by atoms with Crippen LogP contribution in [-0.2, 0) is 4.79 Å². The number of amides is 1. The first-order valence-corrected chi connectivity index (χ1v) is 4.90. The molecule has 0 aliphatic rings. The van der Waals surface area contributed by atoms with E-state index >= 15 is 0 Å². The Balaban J connectivity index is 2.84. The molecule has 0 aliphatic heterocycles. The molecule has 60 valence electrons. The van der Waals surface area contributed by atoms with E-state index in [1.54, 1.807) is 6.92 Å². The van der Waals surface area contributed by atoms with Gasteiger partial charge in [-0.05, 0) is 24.9 Å². The van der Waals surface area contributed by atoms with E-state index in [2.05, 4.69) is 11.6 Å². The molecule has 0 saturated heterocycles. The minimum absolute atomic E-state index is 0.0733. The van der Waals surface area contributed by atoms with Crippen molar-refractivity contribution in [3.63, 3.8) is 0 Å². The van der Waals surface area contributed by atoms with E-state index in [1.807, 2.05) is 11.8 Å². The second-order valence-corrected chi connectivity index (χ2v) is 3.17. The third kappa shape index (κ3) is 7.82. The molecule has 0 aromatic heterocycles. The molecule has 3 heteroatoms. The van der Waals surface area contributed by atoms with E-state index in [9.17, 15) is 4.79 Å². The van der Waals surface area contributed by atoms with Gasteiger partial charge in [0.05, 0.1) is 0 Å². The highest BCUT2D eigenvalue weighted by molar-refractivity contribution is 7.98. The van der Waals surface area contributed by atoms with E-state index in [0.717, 1.165) is 13.0 Å². The normalized spacial score (nSPS) is 9.40. The Labute approximate surface area is 66.8 Å². The topological polar surface area (TPSA) is 29.1 Å². The molecule has 1 N–H and O–H groups in total. The van der Waals surface area contributed by atoms with Gasteiger partial charge >= 0.3 is 0 Å². The molecule has 10 heavy (non-hydrogen) atoms. The summed E-state index contributed by atoms with van der Waals surface area (Å²) < 4.78 is 0. The molecule has 0 spiro atoms.